The van der Waals surface area contributed by atoms with Crippen molar-refractivity contribution in [2.45, 2.75) is 12.5 Å². The zero-order chi connectivity index (χ0) is 13.7. The van der Waals surface area contributed by atoms with Crippen LogP contribution in [0.5, 0.6) is 5.75 Å². The van der Waals surface area contributed by atoms with Gasteiger partial charge in [0.2, 0.25) is 5.91 Å². The number of rotatable bonds is 4. The molecule has 2 rings (SSSR count). The molecule has 4 nitrogen and oxygen atoms in total. The second-order valence-corrected chi connectivity index (χ2v) is 4.29. The standard InChI is InChI=1S/C15H16N2O2/c16-12(11-6-2-1-3-7-11)10-15(19)17-13-8-4-5-9-14(13)18/h1-9,12,18H,10,16H2,(H,17,19). The number of nitrogens with two attached hydrogens (primary N) is 1. The lowest BCUT2D eigenvalue weighted by Gasteiger charge is -2.12. The maximum atomic E-state index is 11.8. The lowest BCUT2D eigenvalue weighted by atomic mass is 10.0. The van der Waals surface area contributed by atoms with Crippen molar-refractivity contribution in [2.75, 3.05) is 5.32 Å². The predicted octanol–water partition coefficient (Wildman–Crippen LogP) is 2.42. The van der Waals surface area contributed by atoms with Gasteiger partial charge in [0.25, 0.3) is 0 Å². The molecule has 2 aromatic carbocycles. The Hall–Kier alpha value is -2.33. The number of phenols is 1. The number of phenolic OH excluding ortho intramolecular Hbond substituents is 1. The maximum Gasteiger partial charge on any atom is 0.226 e. The van der Waals surface area contributed by atoms with Crippen LogP contribution in [-0.4, -0.2) is 11.0 Å². The monoisotopic (exact) mass is 256 g/mol. The SMILES string of the molecule is NC(CC(=O)Nc1ccccc1O)c1ccccc1. The van der Waals surface area contributed by atoms with Gasteiger partial charge < -0.3 is 16.2 Å². The molecule has 0 aliphatic heterocycles. The number of nitrogens with one attached hydrogen (secondary N) is 1. The van der Waals surface area contributed by atoms with E-state index in [1.807, 2.05) is 30.3 Å². The van der Waals surface area contributed by atoms with Crippen LogP contribution in [0.25, 0.3) is 0 Å². The molecule has 0 saturated heterocycles. The molecular formula is C15H16N2O2. The number of hydrogen-bond acceptors (Lipinski definition) is 3. The van der Waals surface area contributed by atoms with E-state index >= 15 is 0 Å². The molecule has 0 saturated carbocycles. The normalized spacial score (nSPS) is 11.8. The third-order valence-corrected chi connectivity index (χ3v) is 2.81. The van der Waals surface area contributed by atoms with Gasteiger partial charge in [0.1, 0.15) is 5.75 Å². The summed E-state index contributed by atoms with van der Waals surface area (Å²) in [5, 5.41) is 12.2. The maximum absolute atomic E-state index is 11.8. The summed E-state index contributed by atoms with van der Waals surface area (Å²) in [5.74, 6) is -0.179. The van der Waals surface area contributed by atoms with E-state index in [9.17, 15) is 9.90 Å². The molecule has 1 atom stereocenters. The summed E-state index contributed by atoms with van der Waals surface area (Å²) in [6, 6.07) is 15.7. The van der Waals surface area contributed by atoms with Crippen LogP contribution in [0.2, 0.25) is 0 Å². The first-order valence-corrected chi connectivity index (χ1v) is 6.05. The largest absolute Gasteiger partial charge is 0.506 e. The van der Waals surface area contributed by atoms with Crippen LogP contribution in [0.1, 0.15) is 18.0 Å². The number of para-hydroxylation sites is 2. The highest BCUT2D eigenvalue weighted by molar-refractivity contribution is 5.92. The number of carbonyl (C=O) groups is 1. The van der Waals surface area contributed by atoms with Crippen molar-refractivity contribution in [1.82, 2.24) is 0 Å². The molecule has 0 radical (unpaired) electrons. The van der Waals surface area contributed by atoms with Gasteiger partial charge in [-0.25, -0.2) is 0 Å². The van der Waals surface area contributed by atoms with Crippen molar-refractivity contribution < 1.29 is 9.90 Å². The molecule has 4 heteroatoms. The second kappa shape index (κ2) is 6.02. The minimum absolute atomic E-state index is 0.0455. The molecule has 0 heterocycles. The van der Waals surface area contributed by atoms with Crippen LogP contribution >= 0.6 is 0 Å². The molecule has 0 aliphatic carbocycles. The summed E-state index contributed by atoms with van der Waals surface area (Å²) in [7, 11) is 0. The zero-order valence-corrected chi connectivity index (χ0v) is 10.4. The average Bonchev–Trinajstić information content (AvgIpc) is 2.42. The van der Waals surface area contributed by atoms with Crippen LogP contribution < -0.4 is 11.1 Å². The van der Waals surface area contributed by atoms with Crippen LogP contribution in [0.3, 0.4) is 0 Å². The smallest absolute Gasteiger partial charge is 0.226 e. The molecule has 0 spiro atoms. The van der Waals surface area contributed by atoms with Crippen molar-refractivity contribution in [3.8, 4) is 5.75 Å². The van der Waals surface area contributed by atoms with Gasteiger partial charge in [0.15, 0.2) is 0 Å². The first-order chi connectivity index (χ1) is 9.16. The highest BCUT2D eigenvalue weighted by Crippen LogP contribution is 2.22. The van der Waals surface area contributed by atoms with Crippen molar-refractivity contribution in [1.29, 1.82) is 0 Å². The fourth-order valence-corrected chi connectivity index (χ4v) is 1.80. The Labute approximate surface area is 111 Å². The highest BCUT2D eigenvalue weighted by Gasteiger charge is 2.12. The number of benzene rings is 2. The first-order valence-electron chi connectivity index (χ1n) is 6.05. The molecular weight excluding hydrogens is 240 g/mol. The number of aromatic hydroxyl groups is 1. The average molecular weight is 256 g/mol. The fraction of sp³-hybridized carbons (Fsp3) is 0.133. The number of amides is 1. The number of carbonyl (C=O) groups excluding carboxylic acids is 1. The number of anilines is 1. The van der Waals surface area contributed by atoms with Crippen molar-refractivity contribution in [3.05, 3.63) is 60.2 Å². The van der Waals surface area contributed by atoms with Gasteiger partial charge in [0.05, 0.1) is 5.69 Å². The molecule has 1 amide bonds. The Kier molecular flexibility index (Phi) is 4.15. The summed E-state index contributed by atoms with van der Waals surface area (Å²) in [5.41, 5.74) is 7.27. The van der Waals surface area contributed by atoms with E-state index in [4.69, 9.17) is 5.73 Å². The van der Waals surface area contributed by atoms with E-state index in [1.54, 1.807) is 18.2 Å². The van der Waals surface area contributed by atoms with Crippen molar-refractivity contribution >= 4 is 11.6 Å². The Bertz CT molecular complexity index is 555. The summed E-state index contributed by atoms with van der Waals surface area (Å²) < 4.78 is 0. The Balaban J connectivity index is 1.97. The lowest BCUT2D eigenvalue weighted by Crippen LogP contribution is -2.20. The molecule has 1 unspecified atom stereocenters. The first kappa shape index (κ1) is 13.1. The topological polar surface area (TPSA) is 75.4 Å². The van der Waals surface area contributed by atoms with E-state index in [1.165, 1.54) is 6.07 Å². The summed E-state index contributed by atoms with van der Waals surface area (Å²) in [6.45, 7) is 0. The van der Waals surface area contributed by atoms with Crippen molar-refractivity contribution in [3.63, 3.8) is 0 Å². The molecule has 98 valence electrons. The van der Waals surface area contributed by atoms with Gasteiger partial charge in [-0.3, -0.25) is 4.79 Å². The molecule has 19 heavy (non-hydrogen) atoms. The van der Waals surface area contributed by atoms with Gasteiger partial charge in [0, 0.05) is 12.5 Å². The van der Waals surface area contributed by atoms with Gasteiger partial charge in [-0.2, -0.15) is 0 Å². The molecule has 2 aromatic rings. The zero-order valence-electron chi connectivity index (χ0n) is 10.4. The van der Waals surface area contributed by atoms with Crippen LogP contribution in [0.15, 0.2) is 54.6 Å². The fourth-order valence-electron chi connectivity index (χ4n) is 1.80. The van der Waals surface area contributed by atoms with Crippen molar-refractivity contribution in [2.24, 2.45) is 5.73 Å². The van der Waals surface area contributed by atoms with Crippen LogP contribution in [0, 0.1) is 0 Å². The minimum Gasteiger partial charge on any atom is -0.506 e. The Morgan fingerprint density at radius 2 is 1.74 bits per heavy atom. The van der Waals surface area contributed by atoms with E-state index in [0.717, 1.165) is 5.56 Å². The van der Waals surface area contributed by atoms with Gasteiger partial charge in [-0.05, 0) is 17.7 Å². The number of hydrogen-bond donors (Lipinski definition) is 3. The predicted molar refractivity (Wildman–Crippen MR) is 74.7 cm³/mol. The quantitative estimate of drug-likeness (QED) is 0.735. The summed E-state index contributed by atoms with van der Waals surface area (Å²) in [4.78, 5) is 11.8. The summed E-state index contributed by atoms with van der Waals surface area (Å²) >= 11 is 0. The lowest BCUT2D eigenvalue weighted by molar-refractivity contribution is -0.116. The van der Waals surface area contributed by atoms with Gasteiger partial charge >= 0.3 is 0 Å². The minimum atomic E-state index is -0.355. The third kappa shape index (κ3) is 3.56. The van der Waals surface area contributed by atoms with Gasteiger partial charge in [-0.15, -0.1) is 0 Å². The van der Waals surface area contributed by atoms with Gasteiger partial charge in [-0.1, -0.05) is 42.5 Å². The van der Waals surface area contributed by atoms with E-state index in [2.05, 4.69) is 5.32 Å². The Morgan fingerprint density at radius 3 is 2.42 bits per heavy atom. The molecule has 0 aromatic heterocycles. The highest BCUT2D eigenvalue weighted by atomic mass is 16.3. The third-order valence-electron chi connectivity index (χ3n) is 2.81. The molecule has 0 aliphatic rings. The molecule has 4 N–H and O–H groups in total. The Morgan fingerprint density at radius 1 is 1.11 bits per heavy atom. The van der Waals surface area contributed by atoms with Crippen LogP contribution in [0.4, 0.5) is 5.69 Å². The summed E-state index contributed by atoms with van der Waals surface area (Å²) in [6.07, 6.45) is 0.165. The van der Waals surface area contributed by atoms with Crippen LogP contribution in [-0.2, 0) is 4.79 Å². The van der Waals surface area contributed by atoms with E-state index < -0.39 is 0 Å². The molecule has 0 bridgehead atoms. The second-order valence-electron chi connectivity index (χ2n) is 4.29. The van der Waals surface area contributed by atoms with E-state index in [-0.39, 0.29) is 24.1 Å². The van der Waals surface area contributed by atoms with E-state index in [0.29, 0.717) is 5.69 Å². The molecule has 0 fully saturated rings.